The molecule has 0 bridgehead atoms. The summed E-state index contributed by atoms with van der Waals surface area (Å²) in [6.07, 6.45) is 0.925. The number of anilines is 1. The second-order valence-corrected chi connectivity index (χ2v) is 5.88. The number of rotatable bonds is 6. The van der Waals surface area contributed by atoms with E-state index in [4.69, 9.17) is 4.74 Å². The maximum Gasteiger partial charge on any atom is 0.205 e. The van der Waals surface area contributed by atoms with Crippen LogP contribution in [0.5, 0.6) is 0 Å². The van der Waals surface area contributed by atoms with Gasteiger partial charge in [0.05, 0.1) is 12.2 Å². The van der Waals surface area contributed by atoms with Gasteiger partial charge in [0.2, 0.25) is 5.13 Å². The van der Waals surface area contributed by atoms with Gasteiger partial charge in [-0.1, -0.05) is 6.92 Å². The first-order valence-electron chi connectivity index (χ1n) is 6.14. The molecule has 0 spiro atoms. The quantitative estimate of drug-likeness (QED) is 0.820. The van der Waals surface area contributed by atoms with Crippen molar-refractivity contribution in [2.45, 2.75) is 32.9 Å². The van der Waals surface area contributed by atoms with E-state index in [1.165, 1.54) is 11.5 Å². The summed E-state index contributed by atoms with van der Waals surface area (Å²) in [4.78, 5) is 11.1. The summed E-state index contributed by atoms with van der Waals surface area (Å²) < 4.78 is 9.57. The predicted octanol–water partition coefficient (Wildman–Crippen LogP) is 2.90. The van der Waals surface area contributed by atoms with Crippen LogP contribution in [0.2, 0.25) is 0 Å². The molecule has 0 aliphatic rings. The molecule has 19 heavy (non-hydrogen) atoms. The number of aromatic nitrogens is 3. The van der Waals surface area contributed by atoms with Gasteiger partial charge >= 0.3 is 0 Å². The van der Waals surface area contributed by atoms with Crippen LogP contribution >= 0.6 is 22.9 Å². The molecule has 1 unspecified atom stereocenters. The van der Waals surface area contributed by atoms with Gasteiger partial charge in [0.15, 0.2) is 0 Å². The van der Waals surface area contributed by atoms with Crippen LogP contribution in [0, 0.1) is 0 Å². The van der Waals surface area contributed by atoms with Crippen molar-refractivity contribution >= 4 is 28.0 Å². The van der Waals surface area contributed by atoms with Crippen LogP contribution in [0.15, 0.2) is 5.38 Å². The first-order chi connectivity index (χ1) is 9.13. The maximum absolute atomic E-state index is 5.27. The number of nitrogens with zero attached hydrogens (tertiary/aromatic N) is 4. The van der Waals surface area contributed by atoms with Crippen LogP contribution in [0.3, 0.4) is 0 Å². The van der Waals surface area contributed by atoms with Crippen LogP contribution in [-0.2, 0) is 17.7 Å². The van der Waals surface area contributed by atoms with E-state index in [9.17, 15) is 0 Å². The van der Waals surface area contributed by atoms with E-state index in [0.717, 1.165) is 34.6 Å². The van der Waals surface area contributed by atoms with Crippen LogP contribution in [0.1, 0.15) is 36.5 Å². The van der Waals surface area contributed by atoms with Gasteiger partial charge in [-0.15, -0.1) is 11.3 Å². The molecule has 2 heterocycles. The molecule has 0 aromatic carbocycles. The van der Waals surface area contributed by atoms with Crippen LogP contribution in [-0.4, -0.2) is 28.5 Å². The standard InChI is InChI=1S/C12H18N4OS2/c1-5-10-14-12(19-15-10)16(3)6-9-7-18-11(13-9)8(2)17-4/h7-8H,5-6H2,1-4H3. The van der Waals surface area contributed by atoms with Crippen molar-refractivity contribution in [1.82, 2.24) is 14.3 Å². The molecular formula is C12H18N4OS2. The Kier molecular flexibility index (Phi) is 4.84. The van der Waals surface area contributed by atoms with Gasteiger partial charge in [0, 0.05) is 37.5 Å². The van der Waals surface area contributed by atoms with Crippen LogP contribution < -0.4 is 4.90 Å². The third-order valence-electron chi connectivity index (χ3n) is 2.77. The summed E-state index contributed by atoms with van der Waals surface area (Å²) in [6.45, 7) is 4.81. The lowest BCUT2D eigenvalue weighted by molar-refractivity contribution is 0.119. The third kappa shape index (κ3) is 3.49. The molecule has 5 nitrogen and oxygen atoms in total. The van der Waals surface area contributed by atoms with Gasteiger partial charge in [-0.3, -0.25) is 0 Å². The zero-order chi connectivity index (χ0) is 13.8. The molecular weight excluding hydrogens is 280 g/mol. The van der Waals surface area contributed by atoms with Gasteiger partial charge in [0.25, 0.3) is 0 Å². The molecule has 0 aliphatic carbocycles. The highest BCUT2D eigenvalue weighted by Gasteiger charge is 2.13. The van der Waals surface area contributed by atoms with Gasteiger partial charge in [-0.25, -0.2) is 9.97 Å². The summed E-state index contributed by atoms with van der Waals surface area (Å²) in [5, 5.41) is 4.02. The molecule has 0 radical (unpaired) electrons. The Bertz CT molecular complexity index is 525. The monoisotopic (exact) mass is 298 g/mol. The number of methoxy groups -OCH3 is 1. The Hall–Kier alpha value is -1.05. The second-order valence-electron chi connectivity index (χ2n) is 4.26. The highest BCUT2D eigenvalue weighted by molar-refractivity contribution is 7.10. The van der Waals surface area contributed by atoms with Gasteiger partial charge in [-0.05, 0) is 6.92 Å². The van der Waals surface area contributed by atoms with Crippen molar-refractivity contribution in [3.05, 3.63) is 21.9 Å². The van der Waals surface area contributed by atoms with E-state index in [2.05, 4.69) is 31.5 Å². The van der Waals surface area contributed by atoms with Crippen molar-refractivity contribution in [2.24, 2.45) is 0 Å². The fourth-order valence-corrected chi connectivity index (χ4v) is 3.09. The molecule has 104 valence electrons. The fraction of sp³-hybridized carbons (Fsp3) is 0.583. The van der Waals surface area contributed by atoms with E-state index in [0.29, 0.717) is 0 Å². The normalized spacial score (nSPS) is 12.6. The minimum absolute atomic E-state index is 0.0530. The minimum atomic E-state index is 0.0530. The maximum atomic E-state index is 5.27. The number of thiazole rings is 1. The third-order valence-corrected chi connectivity index (χ3v) is 4.69. The summed E-state index contributed by atoms with van der Waals surface area (Å²) in [5.74, 6) is 0.902. The summed E-state index contributed by atoms with van der Waals surface area (Å²) >= 11 is 3.07. The number of ether oxygens (including phenoxy) is 1. The fourth-order valence-electron chi connectivity index (χ4n) is 1.54. The predicted molar refractivity (Wildman–Crippen MR) is 78.9 cm³/mol. The molecule has 2 rings (SSSR count). The number of hydrogen-bond acceptors (Lipinski definition) is 7. The molecule has 0 amide bonds. The van der Waals surface area contributed by atoms with E-state index in [1.54, 1.807) is 18.4 Å². The zero-order valence-corrected chi connectivity index (χ0v) is 13.2. The van der Waals surface area contributed by atoms with Crippen molar-refractivity contribution in [1.29, 1.82) is 0 Å². The van der Waals surface area contributed by atoms with Gasteiger partial charge < -0.3 is 9.64 Å². The average Bonchev–Trinajstić information content (AvgIpc) is 3.06. The molecule has 0 saturated carbocycles. The number of aryl methyl sites for hydroxylation is 1. The van der Waals surface area contributed by atoms with E-state index >= 15 is 0 Å². The molecule has 0 aliphatic heterocycles. The Balaban J connectivity index is 2.02. The molecule has 0 fully saturated rings. The highest BCUT2D eigenvalue weighted by Crippen LogP contribution is 2.23. The Morgan fingerprint density at radius 1 is 1.42 bits per heavy atom. The van der Waals surface area contributed by atoms with E-state index in [1.807, 2.05) is 14.0 Å². The van der Waals surface area contributed by atoms with Crippen LogP contribution in [0.4, 0.5) is 5.13 Å². The molecule has 0 saturated heterocycles. The Morgan fingerprint density at radius 3 is 2.84 bits per heavy atom. The first kappa shape index (κ1) is 14.4. The van der Waals surface area contributed by atoms with E-state index in [-0.39, 0.29) is 6.10 Å². The summed E-state index contributed by atoms with van der Waals surface area (Å²) in [7, 11) is 3.71. The zero-order valence-electron chi connectivity index (χ0n) is 11.6. The smallest absolute Gasteiger partial charge is 0.205 e. The van der Waals surface area contributed by atoms with Crippen molar-refractivity contribution < 1.29 is 4.74 Å². The van der Waals surface area contributed by atoms with E-state index < -0.39 is 0 Å². The largest absolute Gasteiger partial charge is 0.375 e. The lowest BCUT2D eigenvalue weighted by Gasteiger charge is -2.13. The lowest BCUT2D eigenvalue weighted by atomic mass is 10.4. The molecule has 0 N–H and O–H groups in total. The minimum Gasteiger partial charge on any atom is -0.375 e. The van der Waals surface area contributed by atoms with Gasteiger partial charge in [-0.2, -0.15) is 4.37 Å². The molecule has 2 aromatic rings. The molecule has 7 heteroatoms. The SMILES string of the molecule is CCc1nsc(N(C)Cc2csc(C(C)OC)n2)n1. The van der Waals surface area contributed by atoms with Crippen molar-refractivity contribution in [3.63, 3.8) is 0 Å². The van der Waals surface area contributed by atoms with Crippen molar-refractivity contribution in [3.8, 4) is 0 Å². The lowest BCUT2D eigenvalue weighted by Crippen LogP contribution is -2.16. The first-order valence-corrected chi connectivity index (χ1v) is 7.80. The van der Waals surface area contributed by atoms with Gasteiger partial charge in [0.1, 0.15) is 16.9 Å². The highest BCUT2D eigenvalue weighted by atomic mass is 32.1. The average molecular weight is 298 g/mol. The summed E-state index contributed by atoms with van der Waals surface area (Å²) in [6, 6.07) is 0. The van der Waals surface area contributed by atoms with Crippen molar-refractivity contribution in [2.75, 3.05) is 19.1 Å². The Morgan fingerprint density at radius 2 is 2.21 bits per heavy atom. The summed E-state index contributed by atoms with van der Waals surface area (Å²) in [5.41, 5.74) is 1.04. The number of hydrogen-bond donors (Lipinski definition) is 0. The Labute approximate surface area is 121 Å². The molecule has 2 aromatic heterocycles. The molecule has 1 atom stereocenters. The van der Waals surface area contributed by atoms with Crippen LogP contribution in [0.25, 0.3) is 0 Å². The topological polar surface area (TPSA) is 51.1 Å². The second kappa shape index (κ2) is 6.40.